The predicted octanol–water partition coefficient (Wildman–Crippen LogP) is -5.19. The quantitative estimate of drug-likeness (QED) is 0.0323. The molecule has 26 nitrogen and oxygen atoms in total. The number of nitrogens with two attached hydrogens (primary N) is 1. The summed E-state index contributed by atoms with van der Waals surface area (Å²) < 4.78 is 0. The highest BCUT2D eigenvalue weighted by Gasteiger charge is 2.36. The molecule has 70 heavy (non-hydrogen) atoms. The Bertz CT molecular complexity index is 2250. The first-order chi connectivity index (χ1) is 33.2. The van der Waals surface area contributed by atoms with Gasteiger partial charge in [0, 0.05) is 31.2 Å². The van der Waals surface area contributed by atoms with Gasteiger partial charge >= 0.3 is 5.97 Å². The monoisotopic (exact) mass is 983 g/mol. The maximum absolute atomic E-state index is 13.7. The molecule has 0 unspecified atom stereocenters. The van der Waals surface area contributed by atoms with Crippen LogP contribution in [0.15, 0.2) is 61.1 Å². The Morgan fingerprint density at radius 1 is 0.600 bits per heavy atom. The van der Waals surface area contributed by atoms with Gasteiger partial charge in [0.2, 0.25) is 47.3 Å². The number of phenols is 2. The molecule has 3 aromatic rings. The highest BCUT2D eigenvalue weighted by molar-refractivity contribution is 5.97. The number of phenolic OH excluding ortho intramolecular Hbond substituents is 2. The third-order valence-electron chi connectivity index (χ3n) is 10.7. The van der Waals surface area contributed by atoms with Gasteiger partial charge in [0.05, 0.1) is 38.7 Å². The van der Waals surface area contributed by atoms with Crippen molar-refractivity contribution < 1.29 is 73.8 Å². The van der Waals surface area contributed by atoms with Crippen LogP contribution < -0.4 is 48.3 Å². The first kappa shape index (κ1) is 56.6. The van der Waals surface area contributed by atoms with Gasteiger partial charge in [-0.05, 0) is 48.2 Å². The Morgan fingerprint density at radius 3 is 1.54 bits per heavy atom. The summed E-state index contributed by atoms with van der Waals surface area (Å²) in [6.07, 6.45) is 0.863. The maximum Gasteiger partial charge on any atom is 0.326 e. The van der Waals surface area contributed by atoms with Crippen molar-refractivity contribution in [3.8, 4) is 11.5 Å². The minimum Gasteiger partial charge on any atom is -0.508 e. The third kappa shape index (κ3) is 18.1. The van der Waals surface area contributed by atoms with Crippen LogP contribution in [0.5, 0.6) is 11.5 Å². The van der Waals surface area contributed by atoms with Crippen molar-refractivity contribution >= 4 is 53.2 Å². The fraction of sp³-hybridized carbons (Fsp3) is 0.455. The van der Waals surface area contributed by atoms with Crippen molar-refractivity contribution in [1.82, 2.24) is 52.5 Å². The summed E-state index contributed by atoms with van der Waals surface area (Å²) in [7, 11) is 0. The number of aliphatic hydroxyl groups excluding tert-OH is 3. The van der Waals surface area contributed by atoms with Crippen molar-refractivity contribution in [2.45, 2.75) is 94.9 Å². The molecule has 0 radical (unpaired) electrons. The number of nitrogens with zero attached hydrogens (tertiary/aromatic N) is 1. The number of aromatic hydroxyl groups is 2. The van der Waals surface area contributed by atoms with Crippen molar-refractivity contribution in [3.63, 3.8) is 0 Å². The van der Waals surface area contributed by atoms with E-state index >= 15 is 0 Å². The number of nitrogens with one attached hydrogen (secondary N) is 9. The number of hydrogen-bond acceptors (Lipinski definition) is 16. The number of rotatable bonds is 28. The van der Waals surface area contributed by atoms with E-state index in [1.54, 1.807) is 13.8 Å². The highest BCUT2D eigenvalue weighted by atomic mass is 16.4. The van der Waals surface area contributed by atoms with Crippen LogP contribution in [-0.2, 0) is 62.4 Å². The highest BCUT2D eigenvalue weighted by Crippen LogP contribution is 2.15. The molecule has 9 atom stereocenters. The van der Waals surface area contributed by atoms with E-state index in [4.69, 9.17) is 5.73 Å². The number of carboxylic acid groups (broad SMARTS) is 1. The van der Waals surface area contributed by atoms with Crippen LogP contribution in [-0.4, -0.2) is 169 Å². The second kappa shape index (κ2) is 28.0. The summed E-state index contributed by atoms with van der Waals surface area (Å²) >= 11 is 0. The number of hydrogen-bond donors (Lipinski definition) is 16. The summed E-state index contributed by atoms with van der Waals surface area (Å²) in [4.78, 5) is 124. The molecule has 3 rings (SSSR count). The van der Waals surface area contributed by atoms with E-state index < -0.39 is 134 Å². The number of carboxylic acids is 1. The van der Waals surface area contributed by atoms with Crippen LogP contribution in [0.1, 0.15) is 44.0 Å². The van der Waals surface area contributed by atoms with Crippen LogP contribution >= 0.6 is 0 Å². The largest absolute Gasteiger partial charge is 0.508 e. The van der Waals surface area contributed by atoms with E-state index in [1.165, 1.54) is 61.1 Å². The number of aromatic amines is 1. The molecule has 0 aliphatic heterocycles. The Balaban J connectivity index is 1.68. The average molecular weight is 984 g/mol. The van der Waals surface area contributed by atoms with E-state index in [-0.39, 0.29) is 37.2 Å². The number of benzene rings is 2. The number of imidazole rings is 1. The lowest BCUT2D eigenvalue weighted by Gasteiger charge is -2.29. The second-order valence-electron chi connectivity index (χ2n) is 16.2. The summed E-state index contributed by atoms with van der Waals surface area (Å²) in [6, 6.07) is 0.287. The lowest BCUT2D eigenvalue weighted by Crippen LogP contribution is -2.63. The Hall–Kier alpha value is -7.68. The van der Waals surface area contributed by atoms with Crippen LogP contribution in [0.3, 0.4) is 0 Å². The molecule has 0 aliphatic rings. The lowest BCUT2D eigenvalue weighted by atomic mass is 9.97. The summed E-state index contributed by atoms with van der Waals surface area (Å²) in [5, 5.41) is 78.5. The van der Waals surface area contributed by atoms with Gasteiger partial charge in [0.15, 0.2) is 0 Å². The molecule has 0 bridgehead atoms. The zero-order valence-corrected chi connectivity index (χ0v) is 38.5. The number of H-pyrrole nitrogens is 1. The number of aliphatic hydroxyl groups is 3. The molecule has 0 fully saturated rings. The van der Waals surface area contributed by atoms with Gasteiger partial charge in [0.1, 0.15) is 53.8 Å². The molecular weight excluding hydrogens is 923 g/mol. The van der Waals surface area contributed by atoms with Crippen molar-refractivity contribution in [2.75, 3.05) is 26.3 Å². The summed E-state index contributed by atoms with van der Waals surface area (Å²) in [5.74, 6) is -10.1. The number of aliphatic carboxylic acids is 1. The molecule has 382 valence electrons. The molecule has 26 heteroatoms. The van der Waals surface area contributed by atoms with Gasteiger partial charge < -0.3 is 83.9 Å². The molecule has 0 saturated heterocycles. The SMILES string of the molecule is CC[C@H](C)[C@H](NC(=O)[C@H](CO)NC(=O)[C@H](Cc1cnc[nH]1)NC(=O)CN)C(=O)N[C@H](C(=O)N[C@@H](CO)C(=O)NCC(=O)N[C@@H](Cc1ccc(O)cc1)C(=O)N[C@@H](Cc1ccc(O)cc1)C(=O)O)[C@@H](C)O. The minimum absolute atomic E-state index is 0.0632. The van der Waals surface area contributed by atoms with E-state index in [9.17, 15) is 73.8 Å². The molecule has 17 N–H and O–H groups in total. The van der Waals surface area contributed by atoms with Gasteiger partial charge in [-0.15, -0.1) is 0 Å². The van der Waals surface area contributed by atoms with Crippen molar-refractivity contribution in [1.29, 1.82) is 0 Å². The second-order valence-corrected chi connectivity index (χ2v) is 16.2. The molecule has 1 aromatic heterocycles. The number of aromatic nitrogens is 2. The maximum atomic E-state index is 13.7. The Kier molecular flexibility index (Phi) is 22.6. The van der Waals surface area contributed by atoms with Gasteiger partial charge in [-0.1, -0.05) is 44.5 Å². The molecule has 0 aliphatic carbocycles. The van der Waals surface area contributed by atoms with Crippen LogP contribution in [0.25, 0.3) is 0 Å². The fourth-order valence-corrected chi connectivity index (χ4v) is 6.56. The first-order valence-electron chi connectivity index (χ1n) is 21.9. The zero-order chi connectivity index (χ0) is 52.1. The standard InChI is InChI=1S/C44H61N11O15/c1-4-22(2)36(54-41(66)33(20-57)52-40(65)30(49-34(61)16-45)15-26-17-46-21-48-26)42(67)55-37(23(3)58)43(68)53-32(19-56)38(63)47-18-35(62)50-29(13-24-5-9-27(59)10-6-24)39(64)51-31(44(69)70)14-25-7-11-28(60)12-8-25/h5-12,17,21-23,29-33,36-37,56-60H,4,13-16,18-20,45H2,1-3H3,(H,46,48)(H,47,63)(H,49,61)(H,50,62)(H,51,64)(H,52,65)(H,53,68)(H,54,66)(H,55,67)(H,69,70)/t22-,23+,29-,30-,31-,32-,33-,36-,37-/m0/s1. The van der Waals surface area contributed by atoms with Gasteiger partial charge in [-0.25, -0.2) is 9.78 Å². The average Bonchev–Trinajstić information content (AvgIpc) is 3.85. The normalized spacial score (nSPS) is 14.8. The van der Waals surface area contributed by atoms with Crippen LogP contribution in [0, 0.1) is 5.92 Å². The topological polar surface area (TPSA) is 426 Å². The molecule has 2 aromatic carbocycles. The molecular formula is C44H61N11O15. The van der Waals surface area contributed by atoms with Crippen LogP contribution in [0.2, 0.25) is 0 Å². The van der Waals surface area contributed by atoms with E-state index in [2.05, 4.69) is 52.5 Å². The molecule has 8 amide bonds. The van der Waals surface area contributed by atoms with Gasteiger partial charge in [-0.2, -0.15) is 0 Å². The van der Waals surface area contributed by atoms with Crippen LogP contribution in [0.4, 0.5) is 0 Å². The number of carbonyl (C=O) groups is 9. The third-order valence-corrected chi connectivity index (χ3v) is 10.7. The number of carbonyl (C=O) groups excluding carboxylic acids is 8. The minimum atomic E-state index is -1.81. The Morgan fingerprint density at radius 2 is 1.06 bits per heavy atom. The van der Waals surface area contributed by atoms with Gasteiger partial charge in [0.25, 0.3) is 0 Å². The molecule has 0 saturated carbocycles. The Labute approximate surface area is 401 Å². The summed E-state index contributed by atoms with van der Waals surface area (Å²) in [5.41, 5.74) is 6.73. The summed E-state index contributed by atoms with van der Waals surface area (Å²) in [6.45, 7) is 1.06. The van der Waals surface area contributed by atoms with Gasteiger partial charge in [-0.3, -0.25) is 38.4 Å². The number of amides is 8. The first-order valence-corrected chi connectivity index (χ1v) is 21.9. The lowest BCUT2D eigenvalue weighted by molar-refractivity contribution is -0.142. The smallest absolute Gasteiger partial charge is 0.326 e. The van der Waals surface area contributed by atoms with E-state index in [0.29, 0.717) is 16.8 Å². The molecule has 1 heterocycles. The van der Waals surface area contributed by atoms with E-state index in [0.717, 1.165) is 6.92 Å². The fourth-order valence-electron chi connectivity index (χ4n) is 6.56. The predicted molar refractivity (Wildman–Crippen MR) is 244 cm³/mol. The zero-order valence-electron chi connectivity index (χ0n) is 38.5. The van der Waals surface area contributed by atoms with Crippen molar-refractivity contribution in [2.24, 2.45) is 11.7 Å². The van der Waals surface area contributed by atoms with E-state index in [1.807, 2.05) is 0 Å². The van der Waals surface area contributed by atoms with Crippen molar-refractivity contribution in [3.05, 3.63) is 77.9 Å². The molecule has 0 spiro atoms.